The number of hydrogen-bond donors (Lipinski definition) is 2. The first-order valence-corrected chi connectivity index (χ1v) is 1.32. The summed E-state index contributed by atoms with van der Waals surface area (Å²) in [5.74, 6) is 0. The summed E-state index contributed by atoms with van der Waals surface area (Å²) < 4.78 is 0. The van der Waals surface area contributed by atoms with Crippen LogP contribution in [0.2, 0.25) is 0 Å². The van der Waals surface area contributed by atoms with Crippen molar-refractivity contribution in [1.29, 1.82) is 0 Å². The van der Waals surface area contributed by atoms with Crippen molar-refractivity contribution in [1.82, 2.24) is 0 Å². The van der Waals surface area contributed by atoms with Gasteiger partial charge in [-0.25, -0.2) is 0 Å². The van der Waals surface area contributed by atoms with Crippen LogP contribution in [0.15, 0.2) is 0 Å². The molecule has 5 heavy (non-hydrogen) atoms. The van der Waals surface area contributed by atoms with Crippen LogP contribution in [0.25, 0.3) is 0 Å². The second kappa shape index (κ2) is 8.82. The fourth-order valence-electron chi connectivity index (χ4n) is 0. The van der Waals surface area contributed by atoms with Crippen molar-refractivity contribution < 1.29 is 0 Å². The molecule has 0 aromatic heterocycles. The summed E-state index contributed by atoms with van der Waals surface area (Å²) in [6.07, 6.45) is 0. The molecular formula is H7B2LiN2. The first kappa shape index (κ1) is 9.17. The van der Waals surface area contributed by atoms with Gasteiger partial charge in [0, 0.05) is 0 Å². The Morgan fingerprint density at radius 1 is 1.00 bits per heavy atom. The van der Waals surface area contributed by atoms with Crippen molar-refractivity contribution in [3.63, 3.8) is 0 Å². The summed E-state index contributed by atoms with van der Waals surface area (Å²) in [5.41, 5.74) is 9.81. The van der Waals surface area contributed by atoms with Crippen LogP contribution in [0.3, 0.4) is 0 Å². The number of nitrogens with two attached hydrogens (primary N) is 2. The van der Waals surface area contributed by atoms with Gasteiger partial charge in [0.25, 0.3) is 0 Å². The van der Waals surface area contributed by atoms with Crippen LogP contribution in [0.4, 0.5) is 0 Å². The van der Waals surface area contributed by atoms with Crippen LogP contribution >= 0.6 is 0 Å². The normalized spacial score (nSPS) is 4.40. The zero-order valence-corrected chi connectivity index (χ0v) is 2.57. The fraction of sp³-hybridized carbons (Fsp3) is 0. The van der Waals surface area contributed by atoms with Gasteiger partial charge < -0.3 is 11.3 Å². The first-order chi connectivity index (χ1) is 1.91. The molecule has 24 valence electrons. The van der Waals surface area contributed by atoms with E-state index in [1.54, 1.807) is 0 Å². The molecule has 0 spiro atoms. The van der Waals surface area contributed by atoms with E-state index in [0.717, 1.165) is 0 Å². The second-order valence-corrected chi connectivity index (χ2v) is 0.577. The van der Waals surface area contributed by atoms with Crippen molar-refractivity contribution in [2.45, 2.75) is 0 Å². The molecule has 0 atom stereocenters. The van der Waals surface area contributed by atoms with Crippen LogP contribution in [-0.4, -0.2) is 33.5 Å². The minimum absolute atomic E-state index is 0. The summed E-state index contributed by atoms with van der Waals surface area (Å²) >= 11 is 0. The van der Waals surface area contributed by atoms with Gasteiger partial charge in [0.2, 0.25) is 0 Å². The Bertz CT molecular complexity index is 9.61. The molecule has 0 fully saturated rings. The van der Waals surface area contributed by atoms with Crippen molar-refractivity contribution in [2.75, 3.05) is 0 Å². The molecule has 0 saturated carbocycles. The summed E-state index contributed by atoms with van der Waals surface area (Å²) in [4.78, 5) is 0. The molecule has 0 rings (SSSR count). The van der Waals surface area contributed by atoms with Gasteiger partial charge in [0.1, 0.15) is 0 Å². The summed E-state index contributed by atoms with van der Waals surface area (Å²) in [7, 11) is 1.19. The molecular weight excluding hydrogens is 56.6 g/mol. The molecule has 0 bridgehead atoms. The van der Waals surface area contributed by atoms with E-state index in [9.17, 15) is 0 Å². The van der Waals surface area contributed by atoms with E-state index in [1.165, 1.54) is 0 Å². The third-order valence-corrected chi connectivity index (χ3v) is 0.167. The van der Waals surface area contributed by atoms with E-state index in [2.05, 4.69) is 0 Å². The predicted molar refractivity (Wildman–Crippen MR) is 29.8 cm³/mol. The van der Waals surface area contributed by atoms with Crippen LogP contribution in [0, 0.1) is 0 Å². The Morgan fingerprint density at radius 2 is 1.20 bits per heavy atom. The quantitative estimate of drug-likeness (QED) is 0.316. The van der Waals surface area contributed by atoms with Crippen LogP contribution in [0.1, 0.15) is 0 Å². The third kappa shape index (κ3) is 12.0. The monoisotopic (exact) mass is 64.1 g/mol. The molecule has 0 heterocycles. The van der Waals surface area contributed by atoms with Gasteiger partial charge in [0.15, 0.2) is 14.6 Å². The Morgan fingerprint density at radius 3 is 1.20 bits per heavy atom. The Hall–Kier alpha value is 0.647. The van der Waals surface area contributed by atoms with Gasteiger partial charge >= 0.3 is 18.9 Å². The van der Waals surface area contributed by atoms with Gasteiger partial charge in [0.05, 0.1) is 0 Å². The maximum atomic E-state index is 4.90. The Kier molecular flexibility index (Phi) is 16.2. The molecule has 0 aliphatic carbocycles. The average Bonchev–Trinajstić information content (AvgIpc) is 1.37. The van der Waals surface area contributed by atoms with Crippen molar-refractivity contribution in [3.05, 3.63) is 0 Å². The Labute approximate surface area is 45.4 Å². The zero-order chi connectivity index (χ0) is 3.41. The molecule has 0 aliphatic heterocycles. The van der Waals surface area contributed by atoms with Crippen LogP contribution in [0.5, 0.6) is 0 Å². The van der Waals surface area contributed by atoms with E-state index >= 15 is 0 Å². The molecule has 5 heteroatoms. The molecule has 0 amide bonds. The van der Waals surface area contributed by atoms with Gasteiger partial charge in [-0.3, -0.25) is 0 Å². The SMILES string of the molecule is NBBN.[LiH]. The van der Waals surface area contributed by atoms with Gasteiger partial charge in [-0.05, 0) is 0 Å². The van der Waals surface area contributed by atoms with Gasteiger partial charge in [-0.2, -0.15) is 0 Å². The van der Waals surface area contributed by atoms with E-state index < -0.39 is 0 Å². The molecule has 0 aromatic rings. The van der Waals surface area contributed by atoms with E-state index in [0.29, 0.717) is 14.6 Å². The molecule has 4 N–H and O–H groups in total. The standard InChI is InChI=1S/B2H6N2.Li.H/c3-1-2-4;;/h1-2H,3-4H2;;. The van der Waals surface area contributed by atoms with Gasteiger partial charge in [-0.1, -0.05) is 0 Å². The van der Waals surface area contributed by atoms with Crippen LogP contribution in [-0.2, 0) is 0 Å². The number of hydrogen-bond acceptors (Lipinski definition) is 2. The van der Waals surface area contributed by atoms with Crippen molar-refractivity contribution in [2.24, 2.45) is 11.3 Å². The maximum absolute atomic E-state index is 4.90. The van der Waals surface area contributed by atoms with E-state index in [1.807, 2.05) is 0 Å². The van der Waals surface area contributed by atoms with E-state index in [-0.39, 0.29) is 18.9 Å². The molecule has 0 unspecified atom stereocenters. The van der Waals surface area contributed by atoms with Crippen molar-refractivity contribution in [3.8, 4) is 0 Å². The van der Waals surface area contributed by atoms with Gasteiger partial charge in [-0.15, -0.1) is 0 Å². The minimum atomic E-state index is 0. The molecule has 0 aliphatic rings. The van der Waals surface area contributed by atoms with Crippen molar-refractivity contribution >= 4 is 33.5 Å². The molecule has 0 radical (unpaired) electrons. The second-order valence-electron chi connectivity index (χ2n) is 0.577. The Balaban J connectivity index is 0. The number of rotatable bonds is 1. The molecule has 0 saturated heterocycles. The zero-order valence-electron chi connectivity index (χ0n) is 2.57. The predicted octanol–water partition coefficient (Wildman–Crippen LogP) is -3.13. The molecule has 2 nitrogen and oxygen atoms in total. The summed E-state index contributed by atoms with van der Waals surface area (Å²) in [5, 5.41) is 0. The average molecular weight is 63.6 g/mol. The third-order valence-electron chi connectivity index (χ3n) is 0.167. The molecule has 0 aromatic carbocycles. The van der Waals surface area contributed by atoms with Crippen LogP contribution < -0.4 is 11.3 Å². The van der Waals surface area contributed by atoms with E-state index in [4.69, 9.17) is 11.3 Å². The topological polar surface area (TPSA) is 52.0 Å². The summed E-state index contributed by atoms with van der Waals surface area (Å²) in [6, 6.07) is 0. The summed E-state index contributed by atoms with van der Waals surface area (Å²) in [6.45, 7) is 0. The first-order valence-electron chi connectivity index (χ1n) is 1.32. The fourth-order valence-corrected chi connectivity index (χ4v) is 0.